The molecule has 1 saturated carbocycles. The van der Waals surface area contributed by atoms with Gasteiger partial charge < -0.3 is 19.3 Å². The van der Waals surface area contributed by atoms with Gasteiger partial charge in [-0.15, -0.1) is 0 Å². The van der Waals surface area contributed by atoms with Crippen molar-refractivity contribution in [1.29, 1.82) is 0 Å². The van der Waals surface area contributed by atoms with Gasteiger partial charge in [-0.3, -0.25) is 14.4 Å². The van der Waals surface area contributed by atoms with Crippen molar-refractivity contribution in [1.82, 2.24) is 0 Å². The van der Waals surface area contributed by atoms with Gasteiger partial charge in [-0.25, -0.2) is 0 Å². The summed E-state index contributed by atoms with van der Waals surface area (Å²) in [7, 11) is 1.34. The molecule has 7 nitrogen and oxygen atoms in total. The predicted octanol–water partition coefficient (Wildman–Crippen LogP) is 5.60. The van der Waals surface area contributed by atoms with Crippen molar-refractivity contribution >= 4 is 17.7 Å². The highest BCUT2D eigenvalue weighted by molar-refractivity contribution is 6.03. The molecular weight excluding hydrogens is 436 g/mol. The van der Waals surface area contributed by atoms with Gasteiger partial charge >= 0.3 is 11.9 Å². The average Bonchev–Trinajstić information content (AvgIpc) is 3.38. The molecule has 1 aliphatic heterocycles. The quantitative estimate of drug-likeness (QED) is 0.125. The summed E-state index contributed by atoms with van der Waals surface area (Å²) in [6.45, 7) is 1.50. The molecule has 2 aliphatic rings. The van der Waals surface area contributed by atoms with Gasteiger partial charge in [-0.1, -0.05) is 44.3 Å². The number of hydrogen-bond donors (Lipinski definition) is 1. The first-order valence-electron chi connectivity index (χ1n) is 13.2. The van der Waals surface area contributed by atoms with Crippen LogP contribution < -0.4 is 0 Å². The number of ether oxygens (including phenoxy) is 3. The highest BCUT2D eigenvalue weighted by Crippen LogP contribution is 2.45. The van der Waals surface area contributed by atoms with Gasteiger partial charge in [0.2, 0.25) is 0 Å². The van der Waals surface area contributed by atoms with Crippen LogP contribution in [0.4, 0.5) is 0 Å². The van der Waals surface area contributed by atoms with Crippen LogP contribution in [0.1, 0.15) is 103 Å². The topological polar surface area (TPSA) is 99.1 Å². The highest BCUT2D eigenvalue weighted by Gasteiger charge is 2.51. The van der Waals surface area contributed by atoms with Crippen LogP contribution in [0.2, 0.25) is 0 Å². The van der Waals surface area contributed by atoms with Crippen molar-refractivity contribution in [3.05, 3.63) is 12.2 Å². The van der Waals surface area contributed by atoms with E-state index in [2.05, 4.69) is 4.74 Å². The number of esters is 1. The lowest BCUT2D eigenvalue weighted by atomic mass is 9.67. The molecule has 2 fully saturated rings. The molecule has 0 aromatic heterocycles. The van der Waals surface area contributed by atoms with E-state index in [1.165, 1.54) is 13.5 Å². The second kappa shape index (κ2) is 16.0. The third kappa shape index (κ3) is 9.14. The number of carboxylic acid groups (broad SMARTS) is 1. The van der Waals surface area contributed by atoms with Crippen LogP contribution >= 0.6 is 0 Å². The van der Waals surface area contributed by atoms with Crippen LogP contribution in [0.25, 0.3) is 0 Å². The minimum absolute atomic E-state index is 0.0404. The zero-order valence-electron chi connectivity index (χ0n) is 20.9. The van der Waals surface area contributed by atoms with Crippen LogP contribution in [0.3, 0.4) is 0 Å². The van der Waals surface area contributed by atoms with Gasteiger partial charge in [0, 0.05) is 19.6 Å². The van der Waals surface area contributed by atoms with E-state index in [0.29, 0.717) is 25.9 Å². The highest BCUT2D eigenvalue weighted by atomic mass is 16.7. The SMILES string of the molecule is COC(=O)CC=CCC[C@](C(=O)O)(C(=O)CCCCCCCOC1CCCCO1)C1CCCC1. The molecule has 2 atom stereocenters. The lowest BCUT2D eigenvalue weighted by Crippen LogP contribution is -2.45. The first kappa shape index (κ1) is 28.5. The van der Waals surface area contributed by atoms with Crippen molar-refractivity contribution in [2.75, 3.05) is 20.3 Å². The van der Waals surface area contributed by atoms with Crippen molar-refractivity contribution in [3.8, 4) is 0 Å². The maximum absolute atomic E-state index is 13.3. The Labute approximate surface area is 204 Å². The van der Waals surface area contributed by atoms with E-state index in [0.717, 1.165) is 77.2 Å². The Morgan fingerprint density at radius 2 is 1.68 bits per heavy atom. The molecule has 1 unspecified atom stereocenters. The van der Waals surface area contributed by atoms with Gasteiger partial charge in [0.15, 0.2) is 6.29 Å². The van der Waals surface area contributed by atoms with E-state index in [-0.39, 0.29) is 30.4 Å². The number of methoxy groups -OCH3 is 1. The van der Waals surface area contributed by atoms with Crippen molar-refractivity contribution in [2.24, 2.45) is 11.3 Å². The van der Waals surface area contributed by atoms with E-state index in [9.17, 15) is 19.5 Å². The minimum Gasteiger partial charge on any atom is -0.480 e. The van der Waals surface area contributed by atoms with Crippen LogP contribution in [0.15, 0.2) is 12.2 Å². The number of carboxylic acids is 1. The molecule has 0 amide bonds. The third-order valence-electron chi connectivity index (χ3n) is 7.31. The predicted molar refractivity (Wildman–Crippen MR) is 129 cm³/mol. The number of aliphatic carboxylic acids is 1. The van der Waals surface area contributed by atoms with Crippen LogP contribution in [0, 0.1) is 11.3 Å². The number of Topliss-reactive ketones (excluding diaryl/α,β-unsaturated/α-hetero) is 1. The average molecular weight is 481 g/mol. The minimum atomic E-state index is -1.31. The number of carbonyl (C=O) groups excluding carboxylic acids is 2. The Morgan fingerprint density at radius 1 is 0.971 bits per heavy atom. The summed E-state index contributed by atoms with van der Waals surface area (Å²) < 4.78 is 15.9. The molecule has 194 valence electrons. The zero-order valence-corrected chi connectivity index (χ0v) is 20.9. The first-order valence-corrected chi connectivity index (χ1v) is 13.2. The molecule has 0 bridgehead atoms. The van der Waals surface area contributed by atoms with E-state index >= 15 is 0 Å². The smallest absolute Gasteiger partial charge is 0.317 e. The molecule has 34 heavy (non-hydrogen) atoms. The van der Waals surface area contributed by atoms with Gasteiger partial charge in [0.1, 0.15) is 11.2 Å². The molecular formula is C27H44O7. The fourth-order valence-electron chi connectivity index (χ4n) is 5.28. The lowest BCUT2D eigenvalue weighted by molar-refractivity contribution is -0.163. The number of ketones is 1. The summed E-state index contributed by atoms with van der Waals surface area (Å²) in [4.78, 5) is 37.0. The fraction of sp³-hybridized carbons (Fsp3) is 0.815. The van der Waals surface area contributed by atoms with Crippen LogP contribution in [-0.2, 0) is 28.6 Å². The van der Waals surface area contributed by atoms with Crippen LogP contribution in [-0.4, -0.2) is 49.4 Å². The lowest BCUT2D eigenvalue weighted by Gasteiger charge is -2.34. The van der Waals surface area contributed by atoms with Gasteiger partial charge in [0.25, 0.3) is 0 Å². The second-order valence-corrected chi connectivity index (χ2v) is 9.66. The van der Waals surface area contributed by atoms with E-state index in [1.54, 1.807) is 12.2 Å². The van der Waals surface area contributed by atoms with E-state index in [4.69, 9.17) is 9.47 Å². The maximum atomic E-state index is 13.3. The Morgan fingerprint density at radius 3 is 2.35 bits per heavy atom. The Kier molecular flexibility index (Phi) is 13.4. The fourth-order valence-corrected chi connectivity index (χ4v) is 5.28. The van der Waals surface area contributed by atoms with Crippen molar-refractivity contribution < 1.29 is 33.7 Å². The largest absolute Gasteiger partial charge is 0.480 e. The summed E-state index contributed by atoms with van der Waals surface area (Å²) >= 11 is 0. The van der Waals surface area contributed by atoms with Gasteiger partial charge in [-0.2, -0.15) is 0 Å². The number of rotatable bonds is 17. The number of allylic oxidation sites excluding steroid dienone is 1. The van der Waals surface area contributed by atoms with Crippen LogP contribution in [0.5, 0.6) is 0 Å². The van der Waals surface area contributed by atoms with Gasteiger partial charge in [0.05, 0.1) is 13.5 Å². The molecule has 1 N–H and O–H groups in total. The van der Waals surface area contributed by atoms with E-state index in [1.807, 2.05) is 0 Å². The molecule has 0 aromatic carbocycles. The Bertz CT molecular complexity index is 647. The van der Waals surface area contributed by atoms with Crippen molar-refractivity contribution in [2.45, 2.75) is 109 Å². The Hall–Kier alpha value is -1.73. The zero-order chi connectivity index (χ0) is 24.7. The molecule has 0 spiro atoms. The normalized spacial score (nSPS) is 20.9. The van der Waals surface area contributed by atoms with E-state index < -0.39 is 11.4 Å². The molecule has 1 saturated heterocycles. The standard InChI is InChI=1S/C27H44O7/c1-32-24(29)17-7-5-11-19-27(26(30)31,22-14-8-9-15-22)23(28)16-6-3-2-4-12-20-33-25-18-10-13-21-34-25/h5,7,22,25H,2-4,6,8-21H2,1H3,(H,30,31)/t25?,27-/m1/s1. The third-order valence-corrected chi connectivity index (χ3v) is 7.31. The maximum Gasteiger partial charge on any atom is 0.317 e. The summed E-state index contributed by atoms with van der Waals surface area (Å²) in [6, 6.07) is 0. The van der Waals surface area contributed by atoms with Crippen molar-refractivity contribution in [3.63, 3.8) is 0 Å². The molecule has 7 heteroatoms. The molecule has 2 rings (SSSR count). The second-order valence-electron chi connectivity index (χ2n) is 9.66. The molecule has 1 heterocycles. The molecule has 0 radical (unpaired) electrons. The molecule has 1 aliphatic carbocycles. The summed E-state index contributed by atoms with van der Waals surface area (Å²) in [5.41, 5.74) is -1.31. The van der Waals surface area contributed by atoms with Gasteiger partial charge in [-0.05, 0) is 63.7 Å². The first-order chi connectivity index (χ1) is 16.5. The molecule has 0 aromatic rings. The summed E-state index contributed by atoms with van der Waals surface area (Å²) in [5, 5.41) is 10.2. The number of unbranched alkanes of at least 4 members (excludes halogenated alkanes) is 4. The Balaban J connectivity index is 1.75. The summed E-state index contributed by atoms with van der Waals surface area (Å²) in [6.07, 6.45) is 16.2. The number of carbonyl (C=O) groups is 3. The monoisotopic (exact) mass is 480 g/mol. The number of hydrogen-bond acceptors (Lipinski definition) is 6. The summed E-state index contributed by atoms with van der Waals surface area (Å²) in [5.74, 6) is -1.52.